The zero-order chi connectivity index (χ0) is 10.4. The van der Waals surface area contributed by atoms with Crippen LogP contribution in [0.1, 0.15) is 30.4 Å². The average molecular weight is 202 g/mol. The molecule has 78 valence electrons. The van der Waals surface area contributed by atoms with Crippen LogP contribution in [-0.4, -0.2) is 12.4 Å². The average Bonchev–Trinajstić information content (AvgIpc) is 2.87. The van der Waals surface area contributed by atoms with Gasteiger partial charge in [0, 0.05) is 17.9 Å². The highest BCUT2D eigenvalue weighted by Crippen LogP contribution is 2.50. The standard InChI is InChI=1S/C13H14O2/c1-8(14)11-7-12(11)9-3-2-4-13-10(9)5-6-15-13/h2-4,11-12H,5-7H2,1H3. The van der Waals surface area contributed by atoms with Gasteiger partial charge in [0.05, 0.1) is 6.61 Å². The molecule has 1 aromatic carbocycles. The van der Waals surface area contributed by atoms with Crippen LogP contribution in [0.5, 0.6) is 5.75 Å². The molecule has 1 saturated carbocycles. The van der Waals surface area contributed by atoms with Gasteiger partial charge in [-0.1, -0.05) is 12.1 Å². The fourth-order valence-electron chi connectivity index (χ4n) is 2.58. The maximum Gasteiger partial charge on any atom is 0.133 e. The van der Waals surface area contributed by atoms with Crippen LogP contribution in [0.4, 0.5) is 0 Å². The quantitative estimate of drug-likeness (QED) is 0.735. The second-order valence-corrected chi connectivity index (χ2v) is 4.48. The number of ketones is 1. The summed E-state index contributed by atoms with van der Waals surface area (Å²) in [6.07, 6.45) is 2.04. The van der Waals surface area contributed by atoms with E-state index in [1.807, 2.05) is 12.1 Å². The van der Waals surface area contributed by atoms with E-state index in [1.54, 1.807) is 6.92 Å². The van der Waals surface area contributed by atoms with E-state index in [0.717, 1.165) is 25.2 Å². The molecule has 1 aliphatic heterocycles. The Morgan fingerprint density at radius 2 is 2.33 bits per heavy atom. The minimum absolute atomic E-state index is 0.275. The second kappa shape index (κ2) is 3.09. The van der Waals surface area contributed by atoms with Gasteiger partial charge in [-0.05, 0) is 30.9 Å². The first kappa shape index (κ1) is 8.96. The zero-order valence-corrected chi connectivity index (χ0v) is 8.82. The monoisotopic (exact) mass is 202 g/mol. The Kier molecular flexibility index (Phi) is 1.84. The molecule has 2 nitrogen and oxygen atoms in total. The minimum atomic E-state index is 0.275. The van der Waals surface area contributed by atoms with Crippen LogP contribution in [0, 0.1) is 5.92 Å². The molecular formula is C13H14O2. The molecule has 0 spiro atoms. The Labute approximate surface area is 89.2 Å². The van der Waals surface area contributed by atoms with Crippen molar-refractivity contribution in [2.75, 3.05) is 6.61 Å². The first-order valence-electron chi connectivity index (χ1n) is 5.52. The SMILES string of the molecule is CC(=O)C1CC1c1cccc2c1CCO2. The maximum absolute atomic E-state index is 11.3. The van der Waals surface area contributed by atoms with E-state index in [-0.39, 0.29) is 5.92 Å². The molecule has 1 aromatic rings. The number of Topliss-reactive ketones (excluding diaryl/α,β-unsaturated/α-hetero) is 1. The van der Waals surface area contributed by atoms with Crippen molar-refractivity contribution < 1.29 is 9.53 Å². The van der Waals surface area contributed by atoms with Gasteiger partial charge in [-0.3, -0.25) is 4.79 Å². The molecule has 2 aliphatic rings. The molecule has 1 fully saturated rings. The predicted octanol–water partition coefficient (Wildman–Crippen LogP) is 2.31. The number of carbonyl (C=O) groups is 1. The number of benzene rings is 1. The highest BCUT2D eigenvalue weighted by Gasteiger charge is 2.43. The van der Waals surface area contributed by atoms with E-state index in [2.05, 4.69) is 6.07 Å². The molecule has 15 heavy (non-hydrogen) atoms. The Bertz CT molecular complexity index is 423. The number of fused-ring (bicyclic) bond motifs is 1. The summed E-state index contributed by atoms with van der Waals surface area (Å²) >= 11 is 0. The van der Waals surface area contributed by atoms with Crippen LogP contribution in [0.15, 0.2) is 18.2 Å². The van der Waals surface area contributed by atoms with Gasteiger partial charge in [-0.15, -0.1) is 0 Å². The third-order valence-electron chi connectivity index (χ3n) is 3.49. The number of ether oxygens (including phenoxy) is 1. The smallest absolute Gasteiger partial charge is 0.133 e. The molecule has 1 heterocycles. The normalized spacial score (nSPS) is 27.0. The molecule has 2 atom stereocenters. The summed E-state index contributed by atoms with van der Waals surface area (Å²) in [5, 5.41) is 0. The molecule has 0 N–H and O–H groups in total. The van der Waals surface area contributed by atoms with E-state index in [4.69, 9.17) is 4.74 Å². The summed E-state index contributed by atoms with van der Waals surface area (Å²) in [6.45, 7) is 2.49. The number of rotatable bonds is 2. The van der Waals surface area contributed by atoms with Crippen LogP contribution in [0.3, 0.4) is 0 Å². The minimum Gasteiger partial charge on any atom is -0.493 e. The Hall–Kier alpha value is -1.31. The number of hydrogen-bond acceptors (Lipinski definition) is 2. The number of carbonyl (C=O) groups excluding carboxylic acids is 1. The fourth-order valence-corrected chi connectivity index (χ4v) is 2.58. The first-order valence-corrected chi connectivity index (χ1v) is 5.52. The summed E-state index contributed by atoms with van der Waals surface area (Å²) < 4.78 is 5.53. The van der Waals surface area contributed by atoms with Crippen molar-refractivity contribution in [2.45, 2.75) is 25.7 Å². The van der Waals surface area contributed by atoms with E-state index in [0.29, 0.717) is 11.7 Å². The lowest BCUT2D eigenvalue weighted by Gasteiger charge is -2.05. The van der Waals surface area contributed by atoms with Crippen LogP contribution in [-0.2, 0) is 11.2 Å². The van der Waals surface area contributed by atoms with Crippen LogP contribution in [0.25, 0.3) is 0 Å². The van der Waals surface area contributed by atoms with Crippen LogP contribution < -0.4 is 4.74 Å². The predicted molar refractivity (Wildman–Crippen MR) is 57.2 cm³/mol. The van der Waals surface area contributed by atoms with E-state index >= 15 is 0 Å². The fraction of sp³-hybridized carbons (Fsp3) is 0.462. The topological polar surface area (TPSA) is 26.3 Å². The van der Waals surface area contributed by atoms with Crippen molar-refractivity contribution in [2.24, 2.45) is 5.92 Å². The summed E-state index contributed by atoms with van der Waals surface area (Å²) in [5.74, 6) is 2.11. The van der Waals surface area contributed by atoms with Crippen molar-refractivity contribution >= 4 is 5.78 Å². The Morgan fingerprint density at radius 1 is 1.47 bits per heavy atom. The summed E-state index contributed by atoms with van der Waals surface area (Å²) in [6, 6.07) is 6.22. The first-order chi connectivity index (χ1) is 7.27. The van der Waals surface area contributed by atoms with Gasteiger partial charge in [0.1, 0.15) is 11.5 Å². The van der Waals surface area contributed by atoms with Crippen molar-refractivity contribution in [3.63, 3.8) is 0 Å². The van der Waals surface area contributed by atoms with Gasteiger partial charge in [-0.2, -0.15) is 0 Å². The maximum atomic E-state index is 11.3. The third-order valence-corrected chi connectivity index (χ3v) is 3.49. The molecule has 0 bridgehead atoms. The van der Waals surface area contributed by atoms with Gasteiger partial charge in [0.15, 0.2) is 0 Å². The Balaban J connectivity index is 1.94. The molecule has 3 rings (SSSR count). The van der Waals surface area contributed by atoms with Crippen LogP contribution >= 0.6 is 0 Å². The van der Waals surface area contributed by atoms with Crippen molar-refractivity contribution in [1.82, 2.24) is 0 Å². The lowest BCUT2D eigenvalue weighted by molar-refractivity contribution is -0.118. The number of hydrogen-bond donors (Lipinski definition) is 0. The van der Waals surface area contributed by atoms with Gasteiger partial charge in [-0.25, -0.2) is 0 Å². The third kappa shape index (κ3) is 1.36. The molecular weight excluding hydrogens is 188 g/mol. The van der Waals surface area contributed by atoms with Crippen molar-refractivity contribution in [1.29, 1.82) is 0 Å². The lowest BCUT2D eigenvalue weighted by Crippen LogP contribution is -1.96. The molecule has 1 aliphatic carbocycles. The lowest BCUT2D eigenvalue weighted by atomic mass is 9.99. The highest BCUT2D eigenvalue weighted by atomic mass is 16.5. The largest absolute Gasteiger partial charge is 0.493 e. The molecule has 0 radical (unpaired) electrons. The van der Waals surface area contributed by atoms with Gasteiger partial charge >= 0.3 is 0 Å². The summed E-state index contributed by atoms with van der Waals surface area (Å²) in [4.78, 5) is 11.3. The molecule has 0 aromatic heterocycles. The van der Waals surface area contributed by atoms with Gasteiger partial charge in [0.25, 0.3) is 0 Å². The van der Waals surface area contributed by atoms with E-state index in [9.17, 15) is 4.79 Å². The van der Waals surface area contributed by atoms with E-state index < -0.39 is 0 Å². The highest BCUT2D eigenvalue weighted by molar-refractivity contribution is 5.82. The summed E-state index contributed by atoms with van der Waals surface area (Å²) in [7, 11) is 0. The Morgan fingerprint density at radius 3 is 3.07 bits per heavy atom. The van der Waals surface area contributed by atoms with Gasteiger partial charge in [0.2, 0.25) is 0 Å². The molecule has 2 heteroatoms. The van der Waals surface area contributed by atoms with Crippen LogP contribution in [0.2, 0.25) is 0 Å². The van der Waals surface area contributed by atoms with Gasteiger partial charge < -0.3 is 4.74 Å². The van der Waals surface area contributed by atoms with E-state index in [1.165, 1.54) is 11.1 Å². The van der Waals surface area contributed by atoms with Crippen molar-refractivity contribution in [3.8, 4) is 5.75 Å². The molecule has 0 saturated heterocycles. The molecule has 0 amide bonds. The molecule has 2 unspecified atom stereocenters. The van der Waals surface area contributed by atoms with Crippen molar-refractivity contribution in [3.05, 3.63) is 29.3 Å². The zero-order valence-electron chi connectivity index (χ0n) is 8.82. The summed E-state index contributed by atoms with van der Waals surface area (Å²) in [5.41, 5.74) is 2.69. The second-order valence-electron chi connectivity index (χ2n) is 4.48.